The number of para-hydroxylation sites is 1. The number of carbonyl (C=O) groups excluding carboxylic acids is 2. The zero-order valence-corrected chi connectivity index (χ0v) is 14.6. The Morgan fingerprint density at radius 2 is 1.92 bits per heavy atom. The first-order chi connectivity index (χ1) is 11.9. The molecule has 6 nitrogen and oxygen atoms in total. The van der Waals surface area contributed by atoms with Crippen molar-refractivity contribution >= 4 is 40.4 Å². The second-order valence-corrected chi connectivity index (χ2v) is 6.63. The van der Waals surface area contributed by atoms with E-state index in [-0.39, 0.29) is 22.9 Å². The molecule has 3 aromatic rings. The third kappa shape index (κ3) is 3.83. The van der Waals surface area contributed by atoms with Gasteiger partial charge in [0.1, 0.15) is 0 Å². The molecule has 0 aliphatic carbocycles. The highest BCUT2D eigenvalue weighted by molar-refractivity contribution is 7.99. The molecule has 3 rings (SSSR count). The lowest BCUT2D eigenvalue weighted by Gasteiger charge is -2.11. The fraction of sp³-hybridized carbons (Fsp3) is 0.167. The van der Waals surface area contributed by atoms with Gasteiger partial charge in [-0.15, -0.1) is 0 Å². The van der Waals surface area contributed by atoms with Crippen LogP contribution in [0.1, 0.15) is 21.5 Å². The van der Waals surface area contributed by atoms with Crippen LogP contribution in [0.5, 0.6) is 0 Å². The van der Waals surface area contributed by atoms with E-state index in [2.05, 4.69) is 15.3 Å². The van der Waals surface area contributed by atoms with Gasteiger partial charge in [0.15, 0.2) is 5.16 Å². The molecular weight excluding hydrogens is 338 g/mol. The lowest BCUT2D eigenvalue weighted by atomic mass is 10.1. The van der Waals surface area contributed by atoms with Crippen molar-refractivity contribution in [2.75, 3.05) is 11.1 Å². The van der Waals surface area contributed by atoms with E-state index in [1.54, 1.807) is 12.1 Å². The Labute approximate surface area is 148 Å². The van der Waals surface area contributed by atoms with Crippen molar-refractivity contribution in [1.29, 1.82) is 0 Å². The summed E-state index contributed by atoms with van der Waals surface area (Å²) in [5, 5.41) is 14.3. The fourth-order valence-corrected chi connectivity index (χ4v) is 3.09. The molecule has 1 heterocycles. The van der Waals surface area contributed by atoms with Gasteiger partial charge in [-0.2, -0.15) is 0 Å². The second-order valence-electron chi connectivity index (χ2n) is 5.67. The zero-order valence-electron chi connectivity index (χ0n) is 13.8. The second kappa shape index (κ2) is 6.98. The summed E-state index contributed by atoms with van der Waals surface area (Å²) in [5.74, 6) is -1.53. The molecule has 2 N–H and O–H groups in total. The number of H-pyrrole nitrogens is 1. The van der Waals surface area contributed by atoms with Gasteiger partial charge in [0.25, 0.3) is 0 Å². The van der Waals surface area contributed by atoms with E-state index in [1.165, 1.54) is 29.5 Å². The number of hydrogen-bond donors (Lipinski definition) is 2. The molecule has 0 aliphatic rings. The number of fused-ring (bicyclic) bond motifs is 1. The average Bonchev–Trinajstić information content (AvgIpc) is 2.95. The summed E-state index contributed by atoms with van der Waals surface area (Å²) in [4.78, 5) is 30.8. The average molecular weight is 354 g/mol. The van der Waals surface area contributed by atoms with Crippen LogP contribution in [-0.4, -0.2) is 27.6 Å². The first-order valence-electron chi connectivity index (χ1n) is 7.64. The number of aromatic amines is 1. The van der Waals surface area contributed by atoms with E-state index in [0.717, 1.165) is 16.6 Å². The lowest BCUT2D eigenvalue weighted by molar-refractivity contribution is -0.254. The summed E-state index contributed by atoms with van der Waals surface area (Å²) in [7, 11) is 0. The van der Waals surface area contributed by atoms with Crippen LogP contribution < -0.4 is 10.4 Å². The molecule has 0 aliphatic heterocycles. The van der Waals surface area contributed by atoms with Crippen molar-refractivity contribution in [2.24, 2.45) is 0 Å². The SMILES string of the molecule is Cc1cc2nc(SCC(=O)Nc3ccccc3C(=O)[O-])[nH]c2cc1C. The number of nitrogens with one attached hydrogen (secondary N) is 2. The number of imidazole rings is 1. The van der Waals surface area contributed by atoms with E-state index in [0.29, 0.717) is 5.16 Å². The maximum absolute atomic E-state index is 12.1. The molecule has 0 radical (unpaired) electrons. The topological polar surface area (TPSA) is 97.9 Å². The van der Waals surface area contributed by atoms with Crippen LogP contribution in [-0.2, 0) is 4.79 Å². The van der Waals surface area contributed by atoms with Gasteiger partial charge in [-0.05, 0) is 43.2 Å². The van der Waals surface area contributed by atoms with Gasteiger partial charge in [0.2, 0.25) is 5.91 Å². The van der Waals surface area contributed by atoms with Crippen molar-refractivity contribution in [3.8, 4) is 0 Å². The molecule has 25 heavy (non-hydrogen) atoms. The monoisotopic (exact) mass is 354 g/mol. The highest BCUT2D eigenvalue weighted by atomic mass is 32.2. The molecule has 0 saturated carbocycles. The number of carboxylic acids is 1. The van der Waals surface area contributed by atoms with Crippen LogP contribution in [0.25, 0.3) is 11.0 Å². The summed E-state index contributed by atoms with van der Waals surface area (Å²) < 4.78 is 0. The van der Waals surface area contributed by atoms with Gasteiger partial charge in [-0.3, -0.25) is 4.79 Å². The number of hydrogen-bond acceptors (Lipinski definition) is 5. The number of carbonyl (C=O) groups is 2. The molecule has 0 atom stereocenters. The molecule has 0 saturated heterocycles. The normalized spacial score (nSPS) is 10.8. The van der Waals surface area contributed by atoms with Crippen molar-refractivity contribution in [1.82, 2.24) is 9.97 Å². The molecule has 0 bridgehead atoms. The summed E-state index contributed by atoms with van der Waals surface area (Å²) in [5.41, 5.74) is 4.29. The summed E-state index contributed by atoms with van der Waals surface area (Å²) in [6, 6.07) is 10.2. The zero-order chi connectivity index (χ0) is 18.0. The Bertz CT molecular complexity index is 926. The first kappa shape index (κ1) is 17.0. The Kier molecular flexibility index (Phi) is 4.76. The minimum Gasteiger partial charge on any atom is -0.545 e. The molecule has 128 valence electrons. The fourth-order valence-electron chi connectivity index (χ4n) is 2.40. The number of thioether (sulfide) groups is 1. The summed E-state index contributed by atoms with van der Waals surface area (Å²) in [6.45, 7) is 4.06. The lowest BCUT2D eigenvalue weighted by Crippen LogP contribution is -2.25. The standard InChI is InChI=1S/C18H17N3O3S/c1-10-7-14-15(8-11(10)2)21-18(20-14)25-9-16(22)19-13-6-4-3-5-12(13)17(23)24/h3-8H,9H2,1-2H3,(H,19,22)(H,20,21)(H,23,24)/p-1. The van der Waals surface area contributed by atoms with Crippen molar-refractivity contribution in [3.05, 3.63) is 53.1 Å². The molecular formula is C18H16N3O3S-. The molecule has 7 heteroatoms. The van der Waals surface area contributed by atoms with Crippen LogP contribution in [0.15, 0.2) is 41.6 Å². The Balaban J connectivity index is 1.68. The Hall–Kier alpha value is -2.80. The first-order valence-corrected chi connectivity index (χ1v) is 8.62. The number of rotatable bonds is 5. The maximum Gasteiger partial charge on any atom is 0.234 e. The minimum absolute atomic E-state index is 0.0458. The highest BCUT2D eigenvalue weighted by Crippen LogP contribution is 2.22. The number of aryl methyl sites for hydroxylation is 2. The third-order valence-electron chi connectivity index (χ3n) is 3.84. The number of aromatic carboxylic acids is 1. The molecule has 2 aromatic carbocycles. The van der Waals surface area contributed by atoms with E-state index >= 15 is 0 Å². The van der Waals surface area contributed by atoms with Crippen LogP contribution in [0.2, 0.25) is 0 Å². The Morgan fingerprint density at radius 3 is 2.68 bits per heavy atom. The number of benzene rings is 2. The van der Waals surface area contributed by atoms with Gasteiger partial charge < -0.3 is 20.2 Å². The number of nitrogens with zero attached hydrogens (tertiary/aromatic N) is 1. The third-order valence-corrected chi connectivity index (χ3v) is 4.71. The molecule has 0 unspecified atom stereocenters. The van der Waals surface area contributed by atoms with Gasteiger partial charge in [0, 0.05) is 11.3 Å². The van der Waals surface area contributed by atoms with E-state index in [9.17, 15) is 14.7 Å². The predicted molar refractivity (Wildman–Crippen MR) is 95.7 cm³/mol. The molecule has 1 amide bonds. The Morgan fingerprint density at radius 1 is 1.20 bits per heavy atom. The summed E-state index contributed by atoms with van der Waals surface area (Å²) >= 11 is 1.26. The largest absolute Gasteiger partial charge is 0.545 e. The van der Waals surface area contributed by atoms with Crippen molar-refractivity contribution < 1.29 is 14.7 Å². The van der Waals surface area contributed by atoms with Gasteiger partial charge in [-0.1, -0.05) is 30.0 Å². The van der Waals surface area contributed by atoms with Crippen LogP contribution in [0.3, 0.4) is 0 Å². The molecule has 0 spiro atoms. The van der Waals surface area contributed by atoms with E-state index < -0.39 is 5.97 Å². The maximum atomic E-state index is 12.1. The van der Waals surface area contributed by atoms with Crippen LogP contribution in [0, 0.1) is 13.8 Å². The number of anilines is 1. The minimum atomic E-state index is -1.33. The van der Waals surface area contributed by atoms with Crippen molar-refractivity contribution in [3.63, 3.8) is 0 Å². The van der Waals surface area contributed by atoms with Gasteiger partial charge >= 0.3 is 0 Å². The predicted octanol–water partition coefficient (Wildman–Crippen LogP) is 2.27. The van der Waals surface area contributed by atoms with Crippen molar-refractivity contribution in [2.45, 2.75) is 19.0 Å². The number of amides is 1. The van der Waals surface area contributed by atoms with E-state index in [1.807, 2.05) is 26.0 Å². The molecule has 1 aromatic heterocycles. The smallest absolute Gasteiger partial charge is 0.234 e. The van der Waals surface area contributed by atoms with Gasteiger partial charge in [-0.25, -0.2) is 4.98 Å². The summed E-state index contributed by atoms with van der Waals surface area (Å²) in [6.07, 6.45) is 0. The highest BCUT2D eigenvalue weighted by Gasteiger charge is 2.10. The van der Waals surface area contributed by atoms with E-state index in [4.69, 9.17) is 0 Å². The quantitative estimate of drug-likeness (QED) is 0.685. The number of aromatic nitrogens is 2. The van der Waals surface area contributed by atoms with Gasteiger partial charge in [0.05, 0.1) is 22.8 Å². The molecule has 0 fully saturated rings. The van der Waals surface area contributed by atoms with Crippen LogP contribution in [0.4, 0.5) is 5.69 Å². The number of carboxylic acid groups (broad SMARTS) is 1. The van der Waals surface area contributed by atoms with Crippen LogP contribution >= 0.6 is 11.8 Å².